The van der Waals surface area contributed by atoms with Gasteiger partial charge in [0, 0.05) is 12.0 Å². The van der Waals surface area contributed by atoms with Gasteiger partial charge in [0.1, 0.15) is 0 Å². The van der Waals surface area contributed by atoms with Crippen LogP contribution in [0.1, 0.15) is 18.9 Å². The lowest BCUT2D eigenvalue weighted by atomic mass is 10.1. The third-order valence-electron chi connectivity index (χ3n) is 4.34. The molecule has 0 aliphatic heterocycles. The van der Waals surface area contributed by atoms with Gasteiger partial charge in [-0.25, -0.2) is 4.98 Å². The predicted octanol–water partition coefficient (Wildman–Crippen LogP) is -1.24. The normalized spacial score (nSPS) is 36.6. The molecule has 2 aliphatic carbocycles. The van der Waals surface area contributed by atoms with Crippen LogP contribution in [0.15, 0.2) is 11.1 Å². The van der Waals surface area contributed by atoms with Gasteiger partial charge in [-0.15, -0.1) is 0 Å². The lowest BCUT2D eigenvalue weighted by molar-refractivity contribution is 0.00905. The van der Waals surface area contributed by atoms with Crippen LogP contribution < -0.4 is 11.3 Å². The largest absolute Gasteiger partial charge is 0.390 e. The van der Waals surface area contributed by atoms with Gasteiger partial charge in [0.05, 0.1) is 18.0 Å². The van der Waals surface area contributed by atoms with Crippen molar-refractivity contribution in [2.75, 3.05) is 5.73 Å². The molecule has 0 bridgehead atoms. The molecule has 4 atom stereocenters. The van der Waals surface area contributed by atoms with Gasteiger partial charge in [0.15, 0.2) is 11.2 Å². The highest BCUT2D eigenvalue weighted by Crippen LogP contribution is 2.60. The van der Waals surface area contributed by atoms with Gasteiger partial charge in [0.2, 0.25) is 5.95 Å². The minimum absolute atomic E-state index is 0.0118. The molecule has 2 heterocycles. The van der Waals surface area contributed by atoms with Crippen molar-refractivity contribution in [2.24, 2.45) is 5.92 Å². The number of nitrogens with two attached hydrogens (primary N) is 1. The number of rotatable bonds is 1. The summed E-state index contributed by atoms with van der Waals surface area (Å²) in [5, 5.41) is 19.9. The first-order valence-corrected chi connectivity index (χ1v) is 6.13. The highest BCUT2D eigenvalue weighted by atomic mass is 16.4. The summed E-state index contributed by atoms with van der Waals surface area (Å²) in [5.74, 6) is 0.0195. The van der Waals surface area contributed by atoms with E-state index >= 15 is 0 Å². The Balaban J connectivity index is 1.87. The molecular formula is C11H13N5O3. The molecule has 0 aromatic carbocycles. The van der Waals surface area contributed by atoms with E-state index in [-0.39, 0.29) is 29.0 Å². The van der Waals surface area contributed by atoms with E-state index in [4.69, 9.17) is 5.73 Å². The Bertz CT molecular complexity index is 737. The predicted molar refractivity (Wildman–Crippen MR) is 65.3 cm³/mol. The number of hydrogen-bond donors (Lipinski definition) is 4. The Hall–Kier alpha value is -1.93. The smallest absolute Gasteiger partial charge is 0.280 e. The van der Waals surface area contributed by atoms with E-state index in [1.165, 1.54) is 6.33 Å². The van der Waals surface area contributed by atoms with Crippen molar-refractivity contribution in [2.45, 2.75) is 30.6 Å². The highest BCUT2D eigenvalue weighted by Gasteiger charge is 2.67. The Morgan fingerprint density at radius 1 is 1.58 bits per heavy atom. The average Bonchev–Trinajstić information content (AvgIpc) is 2.75. The molecule has 2 aromatic rings. The lowest BCUT2D eigenvalue weighted by Gasteiger charge is -2.15. The van der Waals surface area contributed by atoms with Crippen LogP contribution in [-0.4, -0.2) is 41.4 Å². The van der Waals surface area contributed by atoms with Crippen molar-refractivity contribution in [3.8, 4) is 0 Å². The van der Waals surface area contributed by atoms with Gasteiger partial charge in [0.25, 0.3) is 5.56 Å². The number of aromatic amines is 1. The van der Waals surface area contributed by atoms with E-state index < -0.39 is 11.7 Å². The topological polar surface area (TPSA) is 130 Å². The van der Waals surface area contributed by atoms with E-state index in [9.17, 15) is 15.0 Å². The summed E-state index contributed by atoms with van der Waals surface area (Å²) in [6.45, 7) is 0. The Labute approximate surface area is 106 Å². The summed E-state index contributed by atoms with van der Waals surface area (Å²) >= 11 is 0. The molecule has 0 spiro atoms. The zero-order valence-corrected chi connectivity index (χ0v) is 9.95. The summed E-state index contributed by atoms with van der Waals surface area (Å²) in [6, 6.07) is -0.0984. The molecule has 1 unspecified atom stereocenters. The van der Waals surface area contributed by atoms with Crippen LogP contribution in [0.2, 0.25) is 0 Å². The minimum Gasteiger partial charge on any atom is -0.390 e. The van der Waals surface area contributed by atoms with Crippen molar-refractivity contribution < 1.29 is 10.2 Å². The number of nitrogen functional groups attached to an aromatic ring is 1. The van der Waals surface area contributed by atoms with Crippen LogP contribution in [0.3, 0.4) is 0 Å². The zero-order chi connectivity index (χ0) is 13.4. The van der Waals surface area contributed by atoms with Crippen molar-refractivity contribution in [3.63, 3.8) is 0 Å². The minimum atomic E-state index is -0.978. The van der Waals surface area contributed by atoms with Gasteiger partial charge in [-0.1, -0.05) is 0 Å². The molecule has 0 amide bonds. The summed E-state index contributed by atoms with van der Waals surface area (Å²) in [4.78, 5) is 22.2. The van der Waals surface area contributed by atoms with Crippen LogP contribution in [0.25, 0.3) is 11.2 Å². The number of imidazole rings is 1. The summed E-state index contributed by atoms with van der Waals surface area (Å²) in [6.07, 6.45) is 1.78. The van der Waals surface area contributed by atoms with Crippen LogP contribution in [0.5, 0.6) is 0 Å². The second kappa shape index (κ2) is 3.14. The number of anilines is 1. The maximum Gasteiger partial charge on any atom is 0.280 e. The number of fused-ring (bicyclic) bond motifs is 2. The molecule has 0 radical (unpaired) electrons. The Morgan fingerprint density at radius 2 is 2.37 bits per heavy atom. The molecule has 100 valence electrons. The lowest BCUT2D eigenvalue weighted by Crippen LogP contribution is -2.24. The standard InChI is InChI=1S/C11H13N5O3/c12-10-14-8-7(9(18)15-10)13-3-16(8)5-1-6(17)11(19)2-4(5)11/h3-6,17,19H,1-2H2,(H3,12,14,15,18)/t4?,5-,6-,11+/m0/s1. The molecule has 8 nitrogen and oxygen atoms in total. The third-order valence-corrected chi connectivity index (χ3v) is 4.34. The van der Waals surface area contributed by atoms with Crippen LogP contribution >= 0.6 is 0 Å². The second-order valence-electron chi connectivity index (χ2n) is 5.40. The molecule has 5 N–H and O–H groups in total. The first-order valence-electron chi connectivity index (χ1n) is 6.13. The van der Waals surface area contributed by atoms with E-state index in [0.29, 0.717) is 18.5 Å². The average molecular weight is 263 g/mol. The molecule has 0 saturated heterocycles. The molecule has 2 aliphatic rings. The van der Waals surface area contributed by atoms with E-state index in [0.717, 1.165) is 0 Å². The number of H-pyrrole nitrogens is 1. The number of nitrogens with zero attached hydrogens (tertiary/aromatic N) is 3. The zero-order valence-electron chi connectivity index (χ0n) is 9.95. The maximum atomic E-state index is 11.7. The van der Waals surface area contributed by atoms with Crippen molar-refractivity contribution in [1.29, 1.82) is 0 Å². The fourth-order valence-corrected chi connectivity index (χ4v) is 3.24. The van der Waals surface area contributed by atoms with Gasteiger partial charge < -0.3 is 20.5 Å². The van der Waals surface area contributed by atoms with Crippen molar-refractivity contribution in [1.82, 2.24) is 19.5 Å². The first kappa shape index (κ1) is 10.9. The van der Waals surface area contributed by atoms with Crippen LogP contribution in [-0.2, 0) is 0 Å². The third kappa shape index (κ3) is 1.27. The van der Waals surface area contributed by atoms with E-state index in [2.05, 4.69) is 15.0 Å². The molecule has 8 heteroatoms. The summed E-state index contributed by atoms with van der Waals surface area (Å²) < 4.78 is 1.74. The van der Waals surface area contributed by atoms with Crippen LogP contribution in [0.4, 0.5) is 5.95 Å². The molecule has 2 aromatic heterocycles. The van der Waals surface area contributed by atoms with Crippen LogP contribution in [0, 0.1) is 5.92 Å². The van der Waals surface area contributed by atoms with Gasteiger partial charge in [-0.05, 0) is 12.8 Å². The number of nitrogens with one attached hydrogen (secondary N) is 1. The monoisotopic (exact) mass is 263 g/mol. The second-order valence-corrected chi connectivity index (χ2v) is 5.40. The summed E-state index contributed by atoms with van der Waals surface area (Å²) in [7, 11) is 0. The number of aliphatic hydroxyl groups is 2. The Morgan fingerprint density at radius 3 is 3.00 bits per heavy atom. The first-order chi connectivity index (χ1) is 9.00. The fourth-order valence-electron chi connectivity index (χ4n) is 3.24. The van der Waals surface area contributed by atoms with Gasteiger partial charge >= 0.3 is 0 Å². The van der Waals surface area contributed by atoms with Gasteiger partial charge in [-0.3, -0.25) is 9.78 Å². The molecular weight excluding hydrogens is 250 g/mol. The number of aromatic nitrogens is 4. The quantitative estimate of drug-likeness (QED) is 0.509. The number of aliphatic hydroxyl groups excluding tert-OH is 1. The van der Waals surface area contributed by atoms with Crippen molar-refractivity contribution >= 4 is 17.1 Å². The molecule has 2 fully saturated rings. The van der Waals surface area contributed by atoms with E-state index in [1.54, 1.807) is 4.57 Å². The van der Waals surface area contributed by atoms with Crippen molar-refractivity contribution in [3.05, 3.63) is 16.7 Å². The fraction of sp³-hybridized carbons (Fsp3) is 0.545. The molecule has 19 heavy (non-hydrogen) atoms. The SMILES string of the molecule is Nc1nc2c(ncn2[C@H]2C[C@H](O)[C@@]3(O)CC23)c(=O)[nH]1. The molecule has 2 saturated carbocycles. The maximum absolute atomic E-state index is 11.7. The Kier molecular flexibility index (Phi) is 1.81. The van der Waals surface area contributed by atoms with E-state index in [1.807, 2.05) is 0 Å². The molecule has 4 rings (SSSR count). The highest BCUT2D eigenvalue weighted by molar-refractivity contribution is 5.70. The number of hydrogen-bond acceptors (Lipinski definition) is 6. The summed E-state index contributed by atoms with van der Waals surface area (Å²) in [5.41, 5.74) is 4.80. The van der Waals surface area contributed by atoms with Gasteiger partial charge in [-0.2, -0.15) is 4.98 Å².